The van der Waals surface area contributed by atoms with Crippen LogP contribution in [-0.2, 0) is 21.3 Å². The van der Waals surface area contributed by atoms with Gasteiger partial charge in [0.1, 0.15) is 4.90 Å². The van der Waals surface area contributed by atoms with Crippen LogP contribution >= 0.6 is 11.6 Å². The fraction of sp³-hybridized carbons (Fsp3) is 0.538. The van der Waals surface area contributed by atoms with E-state index >= 15 is 0 Å². The molecule has 0 saturated carbocycles. The zero-order valence-corrected chi connectivity index (χ0v) is 13.4. The highest BCUT2D eigenvalue weighted by molar-refractivity contribution is 7.89. The number of benzene rings is 1. The summed E-state index contributed by atoms with van der Waals surface area (Å²) in [7, 11) is -3.63. The predicted octanol–water partition coefficient (Wildman–Crippen LogP) is 1.85. The van der Waals surface area contributed by atoms with Crippen LogP contribution in [0, 0.1) is 0 Å². The minimum Gasteiger partial charge on any atom is -0.380 e. The summed E-state index contributed by atoms with van der Waals surface area (Å²) < 4.78 is 31.7. The predicted molar refractivity (Wildman–Crippen MR) is 80.3 cm³/mol. The Morgan fingerprint density at radius 3 is 2.60 bits per heavy atom. The first-order chi connectivity index (χ1) is 9.47. The summed E-state index contributed by atoms with van der Waals surface area (Å²) in [5.74, 6) is 0. The Bertz CT molecular complexity index is 534. The van der Waals surface area contributed by atoms with Gasteiger partial charge in [-0.05, 0) is 24.6 Å². The molecule has 0 heterocycles. The number of sulfonamides is 1. The van der Waals surface area contributed by atoms with E-state index in [0.717, 1.165) is 5.56 Å². The van der Waals surface area contributed by atoms with Crippen LogP contribution in [0.4, 0.5) is 0 Å². The third-order valence-electron chi connectivity index (χ3n) is 2.89. The third-order valence-corrected chi connectivity index (χ3v) is 5.35. The normalized spacial score (nSPS) is 12.1. The van der Waals surface area contributed by atoms with Gasteiger partial charge in [-0.3, -0.25) is 0 Å². The Labute approximate surface area is 125 Å². The fourth-order valence-corrected chi connectivity index (χ4v) is 3.73. The summed E-state index contributed by atoms with van der Waals surface area (Å²) in [6.07, 6.45) is 0. The second-order valence-electron chi connectivity index (χ2n) is 4.16. The number of ether oxygens (including phenoxy) is 1. The lowest BCUT2D eigenvalue weighted by molar-refractivity contribution is 0.135. The number of halogens is 1. The highest BCUT2D eigenvalue weighted by atomic mass is 35.5. The van der Waals surface area contributed by atoms with Crippen molar-refractivity contribution < 1.29 is 13.2 Å². The molecule has 2 N–H and O–H groups in total. The summed E-state index contributed by atoms with van der Waals surface area (Å²) in [6.45, 7) is 5.49. The van der Waals surface area contributed by atoms with Gasteiger partial charge in [-0.15, -0.1) is 0 Å². The molecular weight excluding hydrogens is 300 g/mol. The molecule has 0 bridgehead atoms. The molecule has 0 amide bonds. The van der Waals surface area contributed by atoms with Crippen molar-refractivity contribution >= 4 is 21.6 Å². The maximum Gasteiger partial charge on any atom is 0.244 e. The van der Waals surface area contributed by atoms with Gasteiger partial charge in [0.25, 0.3) is 0 Å². The van der Waals surface area contributed by atoms with E-state index < -0.39 is 10.0 Å². The molecule has 0 aliphatic carbocycles. The average Bonchev–Trinajstić information content (AvgIpc) is 2.43. The summed E-state index contributed by atoms with van der Waals surface area (Å²) in [5.41, 5.74) is 6.28. The quantitative estimate of drug-likeness (QED) is 0.742. The monoisotopic (exact) mass is 320 g/mol. The molecule has 0 aliphatic heterocycles. The molecule has 0 saturated heterocycles. The lowest BCUT2D eigenvalue weighted by Gasteiger charge is -2.21. The van der Waals surface area contributed by atoms with Crippen molar-refractivity contribution in [3.63, 3.8) is 0 Å². The van der Waals surface area contributed by atoms with Crippen LogP contribution in [0.15, 0.2) is 23.1 Å². The first-order valence-electron chi connectivity index (χ1n) is 6.53. The lowest BCUT2D eigenvalue weighted by atomic mass is 10.2. The van der Waals surface area contributed by atoms with Gasteiger partial charge >= 0.3 is 0 Å². The van der Waals surface area contributed by atoms with Crippen molar-refractivity contribution in [1.29, 1.82) is 0 Å². The highest BCUT2D eigenvalue weighted by Crippen LogP contribution is 2.25. The number of rotatable bonds is 8. The standard InChI is InChI=1S/C13H21ClN2O3S/c1-3-16(7-8-19-4-2)20(17,18)13-9-11(10-15)5-6-12(13)14/h5-6,9H,3-4,7-8,10,15H2,1-2H3. The molecular formula is C13H21ClN2O3S. The third kappa shape index (κ3) is 4.17. The van der Waals surface area contributed by atoms with Crippen molar-refractivity contribution in [1.82, 2.24) is 4.31 Å². The van der Waals surface area contributed by atoms with Gasteiger partial charge < -0.3 is 10.5 Å². The van der Waals surface area contributed by atoms with E-state index in [1.165, 1.54) is 10.4 Å². The summed E-state index contributed by atoms with van der Waals surface area (Å²) >= 11 is 6.02. The number of nitrogens with zero attached hydrogens (tertiary/aromatic N) is 1. The van der Waals surface area contributed by atoms with Crippen LogP contribution in [0.1, 0.15) is 19.4 Å². The van der Waals surface area contributed by atoms with Gasteiger partial charge in [-0.25, -0.2) is 8.42 Å². The van der Waals surface area contributed by atoms with Crippen LogP contribution in [0.2, 0.25) is 5.02 Å². The SMILES string of the molecule is CCOCCN(CC)S(=O)(=O)c1cc(CN)ccc1Cl. The molecule has 0 spiro atoms. The summed E-state index contributed by atoms with van der Waals surface area (Å²) in [4.78, 5) is 0.0977. The van der Waals surface area contributed by atoms with Gasteiger partial charge in [-0.1, -0.05) is 24.6 Å². The van der Waals surface area contributed by atoms with Gasteiger partial charge in [0.15, 0.2) is 0 Å². The van der Waals surface area contributed by atoms with Crippen LogP contribution in [0.3, 0.4) is 0 Å². The largest absolute Gasteiger partial charge is 0.380 e. The zero-order chi connectivity index (χ0) is 15.2. The Morgan fingerprint density at radius 2 is 2.05 bits per heavy atom. The van der Waals surface area contributed by atoms with Gasteiger partial charge in [0.05, 0.1) is 11.6 Å². The smallest absolute Gasteiger partial charge is 0.244 e. The molecule has 7 heteroatoms. The van der Waals surface area contributed by atoms with Crippen molar-refractivity contribution in [3.8, 4) is 0 Å². The van der Waals surface area contributed by atoms with Crippen LogP contribution in [-0.4, -0.2) is 39.0 Å². The van der Waals surface area contributed by atoms with Gasteiger partial charge in [0.2, 0.25) is 10.0 Å². The van der Waals surface area contributed by atoms with Crippen molar-refractivity contribution in [2.24, 2.45) is 5.73 Å². The van der Waals surface area contributed by atoms with Crippen LogP contribution < -0.4 is 5.73 Å². The van der Waals surface area contributed by atoms with Crippen molar-refractivity contribution in [2.75, 3.05) is 26.3 Å². The summed E-state index contributed by atoms with van der Waals surface area (Å²) in [6, 6.07) is 4.81. The molecule has 0 unspecified atom stereocenters. The topological polar surface area (TPSA) is 72.6 Å². The average molecular weight is 321 g/mol. The van der Waals surface area contributed by atoms with E-state index in [-0.39, 0.29) is 16.5 Å². The van der Waals surface area contributed by atoms with E-state index in [0.29, 0.717) is 26.3 Å². The molecule has 114 valence electrons. The number of hydrogen-bond donors (Lipinski definition) is 1. The van der Waals surface area contributed by atoms with E-state index in [1.807, 2.05) is 6.92 Å². The number of nitrogens with two attached hydrogens (primary N) is 1. The molecule has 1 rings (SSSR count). The minimum atomic E-state index is -3.63. The Morgan fingerprint density at radius 1 is 1.35 bits per heavy atom. The summed E-state index contributed by atoms with van der Waals surface area (Å²) in [5, 5.41) is 0.206. The minimum absolute atomic E-state index is 0.0977. The molecule has 1 aromatic rings. The maximum atomic E-state index is 12.6. The molecule has 0 atom stereocenters. The van der Waals surface area contributed by atoms with E-state index in [1.54, 1.807) is 19.1 Å². The zero-order valence-electron chi connectivity index (χ0n) is 11.8. The molecule has 0 radical (unpaired) electrons. The van der Waals surface area contributed by atoms with E-state index in [4.69, 9.17) is 22.1 Å². The molecule has 0 aromatic heterocycles. The first-order valence-corrected chi connectivity index (χ1v) is 8.35. The molecule has 1 aromatic carbocycles. The Kier molecular flexibility index (Phi) is 6.91. The fourth-order valence-electron chi connectivity index (χ4n) is 1.77. The lowest BCUT2D eigenvalue weighted by Crippen LogP contribution is -2.34. The molecule has 0 aliphatic rings. The molecule has 20 heavy (non-hydrogen) atoms. The van der Waals surface area contributed by atoms with Crippen molar-refractivity contribution in [3.05, 3.63) is 28.8 Å². The van der Waals surface area contributed by atoms with Gasteiger partial charge in [0, 0.05) is 26.2 Å². The van der Waals surface area contributed by atoms with E-state index in [9.17, 15) is 8.42 Å². The molecule has 0 fully saturated rings. The highest BCUT2D eigenvalue weighted by Gasteiger charge is 2.25. The van der Waals surface area contributed by atoms with E-state index in [2.05, 4.69) is 0 Å². The Balaban J connectivity index is 3.07. The first kappa shape index (κ1) is 17.4. The second kappa shape index (κ2) is 7.95. The Hall–Kier alpha value is -0.660. The number of hydrogen-bond acceptors (Lipinski definition) is 4. The van der Waals surface area contributed by atoms with Crippen LogP contribution in [0.25, 0.3) is 0 Å². The second-order valence-corrected chi connectivity index (χ2v) is 6.48. The maximum absolute atomic E-state index is 12.6. The van der Waals surface area contributed by atoms with Crippen molar-refractivity contribution in [2.45, 2.75) is 25.3 Å². The molecule has 5 nitrogen and oxygen atoms in total. The number of likely N-dealkylation sites (N-methyl/N-ethyl adjacent to an activating group) is 1. The van der Waals surface area contributed by atoms with Crippen LogP contribution in [0.5, 0.6) is 0 Å². The van der Waals surface area contributed by atoms with Gasteiger partial charge in [-0.2, -0.15) is 4.31 Å².